The molecule has 0 aliphatic heterocycles. The maximum Gasteiger partial charge on any atom is 0.0495 e. The van der Waals surface area contributed by atoms with Crippen molar-refractivity contribution < 1.29 is 0 Å². The summed E-state index contributed by atoms with van der Waals surface area (Å²) in [5.74, 6) is 0. The first-order valence-electron chi connectivity index (χ1n) is 7.27. The fraction of sp³-hybridized carbons (Fsp3) is 0.333. The molecule has 0 amide bonds. The SMILES string of the molecule is CCc1ccc(C(CN(C)c2ccccc2)NC)cc1. The molecule has 1 N–H and O–H groups in total. The molecule has 2 heteroatoms. The molecule has 0 spiro atoms. The zero-order valence-corrected chi connectivity index (χ0v) is 12.6. The molecule has 0 bridgehead atoms. The fourth-order valence-electron chi connectivity index (χ4n) is 2.41. The van der Waals surface area contributed by atoms with E-state index < -0.39 is 0 Å². The first-order valence-corrected chi connectivity index (χ1v) is 7.27. The molecular formula is C18H24N2. The first kappa shape index (κ1) is 14.6. The van der Waals surface area contributed by atoms with Crippen LogP contribution in [-0.4, -0.2) is 20.6 Å². The zero-order valence-electron chi connectivity index (χ0n) is 12.6. The van der Waals surface area contributed by atoms with Gasteiger partial charge in [-0.3, -0.25) is 0 Å². The molecule has 1 unspecified atom stereocenters. The van der Waals surface area contributed by atoms with Crippen molar-refractivity contribution in [3.8, 4) is 0 Å². The van der Waals surface area contributed by atoms with Crippen LogP contribution < -0.4 is 10.2 Å². The van der Waals surface area contributed by atoms with Gasteiger partial charge in [-0.05, 0) is 36.7 Å². The summed E-state index contributed by atoms with van der Waals surface area (Å²) in [6, 6.07) is 19.8. The van der Waals surface area contributed by atoms with Gasteiger partial charge >= 0.3 is 0 Å². The summed E-state index contributed by atoms with van der Waals surface area (Å²) in [5, 5.41) is 3.41. The van der Waals surface area contributed by atoms with Crippen molar-refractivity contribution in [2.24, 2.45) is 0 Å². The first-order chi connectivity index (χ1) is 9.74. The number of aryl methyl sites for hydroxylation is 1. The molecule has 0 saturated heterocycles. The number of hydrogen-bond acceptors (Lipinski definition) is 2. The Bertz CT molecular complexity index is 505. The van der Waals surface area contributed by atoms with Gasteiger partial charge in [-0.2, -0.15) is 0 Å². The molecule has 0 aliphatic carbocycles. The molecule has 20 heavy (non-hydrogen) atoms. The molecule has 0 aromatic heterocycles. The molecule has 0 aliphatic rings. The molecule has 106 valence electrons. The largest absolute Gasteiger partial charge is 0.373 e. The average Bonchev–Trinajstić information content (AvgIpc) is 2.53. The molecular weight excluding hydrogens is 244 g/mol. The minimum Gasteiger partial charge on any atom is -0.373 e. The lowest BCUT2D eigenvalue weighted by Gasteiger charge is -2.26. The second kappa shape index (κ2) is 7.11. The van der Waals surface area contributed by atoms with Gasteiger partial charge in [0.05, 0.1) is 0 Å². The summed E-state index contributed by atoms with van der Waals surface area (Å²) >= 11 is 0. The Hall–Kier alpha value is -1.80. The fourth-order valence-corrected chi connectivity index (χ4v) is 2.41. The Morgan fingerprint density at radius 1 is 1.00 bits per heavy atom. The van der Waals surface area contributed by atoms with E-state index in [0.29, 0.717) is 6.04 Å². The topological polar surface area (TPSA) is 15.3 Å². The molecule has 2 aromatic rings. The van der Waals surface area contributed by atoms with Gasteiger partial charge in [0, 0.05) is 25.3 Å². The molecule has 2 nitrogen and oxygen atoms in total. The number of nitrogens with one attached hydrogen (secondary N) is 1. The highest BCUT2D eigenvalue weighted by Crippen LogP contribution is 2.18. The van der Waals surface area contributed by atoms with Crippen molar-refractivity contribution in [3.63, 3.8) is 0 Å². The number of nitrogens with zero attached hydrogens (tertiary/aromatic N) is 1. The maximum absolute atomic E-state index is 3.41. The Kier molecular flexibility index (Phi) is 5.19. The number of rotatable bonds is 6. The Morgan fingerprint density at radius 2 is 1.65 bits per heavy atom. The Morgan fingerprint density at radius 3 is 2.20 bits per heavy atom. The Balaban J connectivity index is 2.08. The van der Waals surface area contributed by atoms with Gasteiger partial charge in [-0.15, -0.1) is 0 Å². The monoisotopic (exact) mass is 268 g/mol. The van der Waals surface area contributed by atoms with Gasteiger partial charge in [0.1, 0.15) is 0 Å². The van der Waals surface area contributed by atoms with E-state index in [1.165, 1.54) is 16.8 Å². The van der Waals surface area contributed by atoms with Crippen molar-refractivity contribution in [3.05, 3.63) is 65.7 Å². The van der Waals surface area contributed by atoms with E-state index in [4.69, 9.17) is 0 Å². The van der Waals surface area contributed by atoms with E-state index in [1.54, 1.807) is 0 Å². The molecule has 0 radical (unpaired) electrons. The van der Waals surface area contributed by atoms with Crippen molar-refractivity contribution in [1.29, 1.82) is 0 Å². The number of hydrogen-bond donors (Lipinski definition) is 1. The molecule has 0 heterocycles. The van der Waals surface area contributed by atoms with Gasteiger partial charge < -0.3 is 10.2 Å². The van der Waals surface area contributed by atoms with Crippen LogP contribution in [0.1, 0.15) is 24.1 Å². The van der Waals surface area contributed by atoms with E-state index in [1.807, 2.05) is 7.05 Å². The summed E-state index contributed by atoms with van der Waals surface area (Å²) in [4.78, 5) is 2.29. The van der Waals surface area contributed by atoms with Crippen LogP contribution in [0.25, 0.3) is 0 Å². The van der Waals surface area contributed by atoms with Crippen molar-refractivity contribution in [1.82, 2.24) is 5.32 Å². The molecule has 1 atom stereocenters. The minimum absolute atomic E-state index is 0.339. The van der Waals surface area contributed by atoms with E-state index in [0.717, 1.165) is 13.0 Å². The number of benzene rings is 2. The lowest BCUT2D eigenvalue weighted by molar-refractivity contribution is 0.589. The standard InChI is InChI=1S/C18H24N2/c1-4-15-10-12-16(13-11-15)18(19-2)14-20(3)17-8-6-5-7-9-17/h5-13,18-19H,4,14H2,1-3H3. The normalized spacial score (nSPS) is 12.2. The highest BCUT2D eigenvalue weighted by molar-refractivity contribution is 5.45. The Labute approximate surface area is 122 Å². The smallest absolute Gasteiger partial charge is 0.0495 e. The van der Waals surface area contributed by atoms with Gasteiger partial charge in [-0.25, -0.2) is 0 Å². The van der Waals surface area contributed by atoms with Gasteiger partial charge in [-0.1, -0.05) is 49.4 Å². The van der Waals surface area contributed by atoms with E-state index in [-0.39, 0.29) is 0 Å². The third-order valence-electron chi connectivity index (χ3n) is 3.79. The zero-order chi connectivity index (χ0) is 14.4. The second-order valence-electron chi connectivity index (χ2n) is 5.15. The molecule has 0 fully saturated rings. The minimum atomic E-state index is 0.339. The molecule has 0 saturated carbocycles. The number of anilines is 1. The summed E-state index contributed by atoms with van der Waals surface area (Å²) in [6.45, 7) is 3.14. The van der Waals surface area contributed by atoms with Gasteiger partial charge in [0.25, 0.3) is 0 Å². The van der Waals surface area contributed by atoms with E-state index in [9.17, 15) is 0 Å². The number of likely N-dealkylation sites (N-methyl/N-ethyl adjacent to an activating group) is 2. The van der Waals surface area contributed by atoms with Gasteiger partial charge in [0.15, 0.2) is 0 Å². The van der Waals surface area contributed by atoms with Crippen molar-refractivity contribution >= 4 is 5.69 Å². The van der Waals surface area contributed by atoms with E-state index in [2.05, 4.69) is 78.8 Å². The highest BCUT2D eigenvalue weighted by atomic mass is 15.1. The predicted molar refractivity (Wildman–Crippen MR) is 87.3 cm³/mol. The summed E-state index contributed by atoms with van der Waals surface area (Å²) in [6.07, 6.45) is 1.09. The quantitative estimate of drug-likeness (QED) is 0.860. The van der Waals surface area contributed by atoms with Crippen LogP contribution in [0.2, 0.25) is 0 Å². The molecule has 2 aromatic carbocycles. The average molecular weight is 268 g/mol. The highest BCUT2D eigenvalue weighted by Gasteiger charge is 2.12. The number of para-hydroxylation sites is 1. The summed E-state index contributed by atoms with van der Waals surface area (Å²) in [5.41, 5.74) is 3.98. The third kappa shape index (κ3) is 3.61. The van der Waals surface area contributed by atoms with Crippen LogP contribution in [0, 0.1) is 0 Å². The van der Waals surface area contributed by atoms with E-state index >= 15 is 0 Å². The molecule has 2 rings (SSSR count). The van der Waals surface area contributed by atoms with Crippen LogP contribution >= 0.6 is 0 Å². The van der Waals surface area contributed by atoms with Crippen LogP contribution in [-0.2, 0) is 6.42 Å². The van der Waals surface area contributed by atoms with Crippen LogP contribution in [0.3, 0.4) is 0 Å². The summed E-state index contributed by atoms with van der Waals surface area (Å²) in [7, 11) is 4.16. The van der Waals surface area contributed by atoms with Crippen LogP contribution in [0.5, 0.6) is 0 Å². The lowest BCUT2D eigenvalue weighted by atomic mass is 10.0. The summed E-state index contributed by atoms with van der Waals surface area (Å²) < 4.78 is 0. The van der Waals surface area contributed by atoms with Crippen LogP contribution in [0.15, 0.2) is 54.6 Å². The van der Waals surface area contributed by atoms with Gasteiger partial charge in [0.2, 0.25) is 0 Å². The van der Waals surface area contributed by atoms with Crippen LogP contribution in [0.4, 0.5) is 5.69 Å². The maximum atomic E-state index is 3.41. The second-order valence-corrected chi connectivity index (χ2v) is 5.15. The van der Waals surface area contributed by atoms with Crippen molar-refractivity contribution in [2.75, 3.05) is 25.5 Å². The van der Waals surface area contributed by atoms with Crippen molar-refractivity contribution in [2.45, 2.75) is 19.4 Å². The predicted octanol–water partition coefficient (Wildman–Crippen LogP) is 3.65. The third-order valence-corrected chi connectivity index (χ3v) is 3.79. The lowest BCUT2D eigenvalue weighted by Crippen LogP contribution is -2.31.